The fourth-order valence-corrected chi connectivity index (χ4v) is 7.93. The van der Waals surface area contributed by atoms with Gasteiger partial charge in [0.1, 0.15) is 17.4 Å². The first kappa shape index (κ1) is 31.0. The van der Waals surface area contributed by atoms with Crippen LogP contribution in [0.15, 0.2) is 66.7 Å². The molecule has 9 heteroatoms. The molecule has 0 aliphatic carbocycles. The molecular weight excluding hydrogens is 570 g/mol. The summed E-state index contributed by atoms with van der Waals surface area (Å²) in [6.45, 7) is 6.91. The number of hydrogen-bond acceptors (Lipinski definition) is 6. The third-order valence-corrected chi connectivity index (χ3v) is 10.1. The Labute approximate surface area is 264 Å². The van der Waals surface area contributed by atoms with Crippen molar-refractivity contribution in [2.45, 2.75) is 70.1 Å². The first-order valence-electron chi connectivity index (χ1n) is 16.2. The van der Waals surface area contributed by atoms with Crippen LogP contribution < -0.4 is 15.4 Å². The highest BCUT2D eigenvalue weighted by Crippen LogP contribution is 2.65. The van der Waals surface area contributed by atoms with Gasteiger partial charge in [-0.15, -0.1) is 0 Å². The molecule has 0 saturated carbocycles. The number of anilines is 2. The average molecular weight is 614 g/mol. The summed E-state index contributed by atoms with van der Waals surface area (Å²) in [6, 6.07) is 20.0. The molecule has 238 valence electrons. The van der Waals surface area contributed by atoms with Gasteiger partial charge in [-0.3, -0.25) is 14.4 Å². The highest BCUT2D eigenvalue weighted by molar-refractivity contribution is 6.06. The molecule has 3 N–H and O–H groups in total. The van der Waals surface area contributed by atoms with Crippen LogP contribution in [-0.4, -0.2) is 64.7 Å². The topological polar surface area (TPSA) is 117 Å². The number of nitrogens with zero attached hydrogens (tertiary/aromatic N) is 1. The summed E-state index contributed by atoms with van der Waals surface area (Å²) in [7, 11) is 0. The minimum Gasteiger partial charge on any atom is -0.494 e. The number of rotatable bonds is 12. The lowest BCUT2D eigenvalue weighted by atomic mass is 9.62. The largest absolute Gasteiger partial charge is 0.494 e. The number of aliphatic hydroxyl groups excluding tert-OH is 1. The van der Waals surface area contributed by atoms with Gasteiger partial charge in [0, 0.05) is 24.5 Å². The number of ether oxygens (including phenoxy) is 2. The maximum absolute atomic E-state index is 14.4. The monoisotopic (exact) mass is 613 g/mol. The summed E-state index contributed by atoms with van der Waals surface area (Å²) in [6.07, 6.45) is 3.53. The highest BCUT2D eigenvalue weighted by atomic mass is 16.5. The van der Waals surface area contributed by atoms with Crippen LogP contribution in [0.2, 0.25) is 0 Å². The van der Waals surface area contributed by atoms with Crippen LogP contribution in [0.4, 0.5) is 11.4 Å². The number of carbonyl (C=O) groups excluding carboxylic acids is 3. The van der Waals surface area contributed by atoms with E-state index in [1.54, 1.807) is 29.2 Å². The van der Waals surface area contributed by atoms with Crippen LogP contribution in [0.3, 0.4) is 0 Å². The number of fused-ring (bicyclic) bond motifs is 2. The van der Waals surface area contributed by atoms with E-state index in [2.05, 4.69) is 10.6 Å². The summed E-state index contributed by atoms with van der Waals surface area (Å²) in [4.78, 5) is 44.4. The molecule has 3 aliphatic rings. The summed E-state index contributed by atoms with van der Waals surface area (Å²) >= 11 is 0. The summed E-state index contributed by atoms with van der Waals surface area (Å²) in [5.74, 6) is -1.70. The second-order valence-electron chi connectivity index (χ2n) is 12.9. The molecular formula is C36H43N3O6. The zero-order valence-corrected chi connectivity index (χ0v) is 26.3. The van der Waals surface area contributed by atoms with Gasteiger partial charge in [0.05, 0.1) is 24.0 Å². The van der Waals surface area contributed by atoms with Gasteiger partial charge in [-0.2, -0.15) is 0 Å². The van der Waals surface area contributed by atoms with Crippen LogP contribution in [0, 0.1) is 17.8 Å². The predicted molar refractivity (Wildman–Crippen MR) is 173 cm³/mol. The van der Waals surface area contributed by atoms with Gasteiger partial charge in [0.15, 0.2) is 0 Å². The number of amides is 3. The van der Waals surface area contributed by atoms with Crippen molar-refractivity contribution in [1.29, 1.82) is 0 Å². The number of unbranched alkanes of at least 4 members (excludes halogenated alkanes) is 3. The van der Waals surface area contributed by atoms with Crippen molar-refractivity contribution < 1.29 is 29.0 Å². The molecule has 3 unspecified atom stereocenters. The van der Waals surface area contributed by atoms with E-state index in [0.29, 0.717) is 49.5 Å². The fourth-order valence-electron chi connectivity index (χ4n) is 7.93. The molecule has 9 nitrogen and oxygen atoms in total. The van der Waals surface area contributed by atoms with Gasteiger partial charge in [0.25, 0.3) is 0 Å². The van der Waals surface area contributed by atoms with Gasteiger partial charge < -0.3 is 30.1 Å². The molecule has 45 heavy (non-hydrogen) atoms. The third kappa shape index (κ3) is 5.46. The van der Waals surface area contributed by atoms with Crippen molar-refractivity contribution in [3.63, 3.8) is 0 Å². The van der Waals surface area contributed by atoms with E-state index in [4.69, 9.17) is 9.47 Å². The maximum Gasteiger partial charge on any atom is 0.250 e. The van der Waals surface area contributed by atoms with Crippen molar-refractivity contribution in [2.24, 2.45) is 17.8 Å². The summed E-state index contributed by atoms with van der Waals surface area (Å²) < 4.78 is 12.4. The van der Waals surface area contributed by atoms with Gasteiger partial charge in [0.2, 0.25) is 17.7 Å². The summed E-state index contributed by atoms with van der Waals surface area (Å²) in [5, 5.41) is 17.4. The Morgan fingerprint density at radius 1 is 0.956 bits per heavy atom. The number of hydrogen-bond donors (Lipinski definition) is 3. The highest BCUT2D eigenvalue weighted by Gasteiger charge is 2.79. The van der Waals surface area contributed by atoms with E-state index < -0.39 is 29.1 Å². The maximum atomic E-state index is 14.4. The molecule has 3 fully saturated rings. The number of carbonyl (C=O) groups is 3. The SMILES string of the molecule is CCOc1ccc(NC(=O)[C@@H]2[C@H]3C(=O)N(CCCCCCO)C(C(=O)Nc4ccc5ccccc5c4)C34CC(C)[C@@]2(C)O4)cc1. The van der Waals surface area contributed by atoms with Gasteiger partial charge in [-0.1, -0.05) is 50.1 Å². The van der Waals surface area contributed by atoms with Gasteiger partial charge in [-0.25, -0.2) is 0 Å². The standard InChI is InChI=1S/C36H43N3O6/c1-4-44-28-17-15-26(16-18-28)37-32(41)29-30-34(43)39(19-9-5-6-10-20-40)31(36(30)22-23(2)35(29,3)45-36)33(42)38-27-14-13-24-11-7-8-12-25(24)21-27/h7-8,11-18,21,23,29-31,40H,4-6,9-10,19-20,22H2,1-3H3,(H,37,41)(H,38,42)/t23?,29-,30-,31?,35+,36?/m0/s1. The van der Waals surface area contributed by atoms with Crippen LogP contribution in [0.5, 0.6) is 5.75 Å². The summed E-state index contributed by atoms with van der Waals surface area (Å²) in [5.41, 5.74) is -0.790. The van der Waals surface area contributed by atoms with Crippen molar-refractivity contribution in [2.75, 3.05) is 30.4 Å². The lowest BCUT2D eigenvalue weighted by molar-refractivity contribution is -0.144. The average Bonchev–Trinajstić information content (AvgIpc) is 3.54. The zero-order valence-electron chi connectivity index (χ0n) is 26.3. The minimum absolute atomic E-state index is 0.0573. The first-order valence-corrected chi connectivity index (χ1v) is 16.2. The van der Waals surface area contributed by atoms with E-state index in [1.165, 1.54) is 0 Å². The molecule has 6 atom stereocenters. The molecule has 3 aromatic carbocycles. The molecule has 1 spiro atoms. The van der Waals surface area contributed by atoms with Crippen LogP contribution >= 0.6 is 0 Å². The Hall–Kier alpha value is -3.95. The van der Waals surface area contributed by atoms with Crippen LogP contribution in [0.25, 0.3) is 10.8 Å². The van der Waals surface area contributed by atoms with Crippen LogP contribution in [0.1, 0.15) is 52.9 Å². The van der Waals surface area contributed by atoms with Crippen LogP contribution in [-0.2, 0) is 19.1 Å². The molecule has 3 amide bonds. The number of benzene rings is 3. The van der Waals surface area contributed by atoms with Crippen molar-refractivity contribution in [3.8, 4) is 5.75 Å². The zero-order chi connectivity index (χ0) is 31.8. The number of nitrogens with one attached hydrogen (secondary N) is 2. The predicted octanol–water partition coefficient (Wildman–Crippen LogP) is 5.38. The quantitative estimate of drug-likeness (QED) is 0.236. The molecule has 0 radical (unpaired) electrons. The van der Waals surface area contributed by atoms with E-state index >= 15 is 0 Å². The molecule has 6 rings (SSSR count). The normalized spacial score (nSPS) is 28.4. The van der Waals surface area contributed by atoms with Gasteiger partial charge in [-0.05, 0) is 86.2 Å². The Morgan fingerprint density at radius 3 is 2.38 bits per heavy atom. The Bertz CT molecular complexity index is 1580. The Kier molecular flexibility index (Phi) is 8.59. The lowest BCUT2D eigenvalue weighted by Crippen LogP contribution is -2.54. The van der Waals surface area contributed by atoms with E-state index in [0.717, 1.165) is 23.6 Å². The molecule has 3 aliphatic heterocycles. The minimum atomic E-state index is -1.13. The Balaban J connectivity index is 1.31. The lowest BCUT2D eigenvalue weighted by Gasteiger charge is -2.36. The second-order valence-corrected chi connectivity index (χ2v) is 12.9. The number of aliphatic hydroxyl groups is 1. The number of likely N-dealkylation sites (tertiary alicyclic amines) is 1. The smallest absolute Gasteiger partial charge is 0.250 e. The molecule has 2 bridgehead atoms. The molecule has 3 heterocycles. The van der Waals surface area contributed by atoms with Crippen molar-refractivity contribution in [3.05, 3.63) is 66.7 Å². The third-order valence-electron chi connectivity index (χ3n) is 10.1. The molecule has 3 saturated heterocycles. The van der Waals surface area contributed by atoms with Gasteiger partial charge >= 0.3 is 0 Å². The fraction of sp³-hybridized carbons (Fsp3) is 0.472. The van der Waals surface area contributed by atoms with E-state index in [1.807, 2.05) is 63.2 Å². The first-order chi connectivity index (χ1) is 21.7. The second kappa shape index (κ2) is 12.4. The van der Waals surface area contributed by atoms with Crippen molar-refractivity contribution >= 4 is 39.9 Å². The van der Waals surface area contributed by atoms with Crippen molar-refractivity contribution in [1.82, 2.24) is 4.90 Å². The Morgan fingerprint density at radius 2 is 1.64 bits per heavy atom. The van der Waals surface area contributed by atoms with E-state index in [9.17, 15) is 19.5 Å². The molecule has 3 aromatic rings. The molecule has 0 aromatic heterocycles. The van der Waals surface area contributed by atoms with E-state index in [-0.39, 0.29) is 30.2 Å².